The third-order valence-electron chi connectivity index (χ3n) is 2.50. The highest BCUT2D eigenvalue weighted by molar-refractivity contribution is 7.17. The lowest BCUT2D eigenvalue weighted by atomic mass is 10.1. The van der Waals surface area contributed by atoms with Crippen molar-refractivity contribution in [2.45, 2.75) is 12.1 Å². The fourth-order valence-corrected chi connectivity index (χ4v) is 2.62. The van der Waals surface area contributed by atoms with Gasteiger partial charge in [0.05, 0.1) is 0 Å². The van der Waals surface area contributed by atoms with Crippen molar-refractivity contribution < 1.29 is 26.7 Å². The zero-order valence-corrected chi connectivity index (χ0v) is 11.5. The van der Waals surface area contributed by atoms with Gasteiger partial charge in [-0.25, -0.2) is 4.98 Å². The maximum absolute atomic E-state index is 13.4. The van der Waals surface area contributed by atoms with Crippen molar-refractivity contribution in [3.63, 3.8) is 0 Å². The van der Waals surface area contributed by atoms with Crippen molar-refractivity contribution in [2.24, 2.45) is 0 Å². The summed E-state index contributed by atoms with van der Waals surface area (Å²) < 4.78 is 63.6. The summed E-state index contributed by atoms with van der Waals surface area (Å²) in [6.45, 7) is 0. The second-order valence-corrected chi connectivity index (χ2v) is 5.49. The summed E-state index contributed by atoms with van der Waals surface area (Å²) in [6.07, 6.45) is -5.86. The van der Waals surface area contributed by atoms with Gasteiger partial charge < -0.3 is 0 Å². The Morgan fingerprint density at radius 2 is 1.67 bits per heavy atom. The van der Waals surface area contributed by atoms with Gasteiger partial charge in [-0.2, -0.15) is 22.0 Å². The van der Waals surface area contributed by atoms with Crippen molar-refractivity contribution in [1.82, 2.24) is 4.98 Å². The zero-order chi connectivity index (χ0) is 15.8. The zero-order valence-electron chi connectivity index (χ0n) is 9.92. The average Bonchev–Trinajstić information content (AvgIpc) is 2.80. The number of carbonyl (C=O) groups is 1. The van der Waals surface area contributed by atoms with Crippen LogP contribution in [0.1, 0.15) is 20.9 Å². The van der Waals surface area contributed by atoms with Gasteiger partial charge >= 0.3 is 12.1 Å². The third kappa shape index (κ3) is 2.91. The first-order valence-corrected chi connectivity index (χ1v) is 6.55. The van der Waals surface area contributed by atoms with Gasteiger partial charge in [0.15, 0.2) is 4.47 Å². The molecular weight excluding hydrogens is 337 g/mol. The van der Waals surface area contributed by atoms with E-state index in [0.29, 0.717) is 0 Å². The van der Waals surface area contributed by atoms with Crippen LogP contribution in [0.2, 0.25) is 4.47 Å². The van der Waals surface area contributed by atoms with Crippen molar-refractivity contribution >= 4 is 28.7 Å². The molecule has 2 aromatic rings. The van der Waals surface area contributed by atoms with Crippen molar-refractivity contribution in [2.75, 3.05) is 0 Å². The Hall–Kier alpha value is -1.54. The standard InChI is InChI=1S/C12H5ClF5NOS/c13-10-19-9(11(14,15)12(16,17)18)8(21-10)7(20)6-4-2-1-3-5-6/h1-5H. The normalized spacial score (nSPS) is 12.5. The molecule has 0 aliphatic heterocycles. The summed E-state index contributed by atoms with van der Waals surface area (Å²) in [6, 6.07) is 7.08. The molecule has 0 saturated heterocycles. The molecule has 0 aliphatic rings. The minimum atomic E-state index is -5.86. The number of hydrogen-bond donors (Lipinski definition) is 0. The Kier molecular flexibility index (Phi) is 4.03. The van der Waals surface area contributed by atoms with Crippen LogP contribution in [0, 0.1) is 0 Å². The Morgan fingerprint density at radius 1 is 1.10 bits per heavy atom. The highest BCUT2D eigenvalue weighted by Crippen LogP contribution is 2.46. The fraction of sp³-hybridized carbons (Fsp3) is 0.167. The molecule has 0 radical (unpaired) electrons. The SMILES string of the molecule is O=C(c1ccccc1)c1sc(Cl)nc1C(F)(F)C(F)(F)F. The van der Waals surface area contributed by atoms with Crippen LogP contribution in [0.5, 0.6) is 0 Å². The predicted octanol–water partition coefficient (Wildman–Crippen LogP) is 4.68. The van der Waals surface area contributed by atoms with Gasteiger partial charge in [0.2, 0.25) is 5.78 Å². The van der Waals surface area contributed by atoms with Crippen LogP contribution in [-0.4, -0.2) is 16.9 Å². The molecule has 21 heavy (non-hydrogen) atoms. The summed E-state index contributed by atoms with van der Waals surface area (Å²) in [7, 11) is 0. The summed E-state index contributed by atoms with van der Waals surface area (Å²) in [5.41, 5.74) is -1.70. The van der Waals surface area contributed by atoms with Gasteiger partial charge in [0.1, 0.15) is 10.6 Å². The topological polar surface area (TPSA) is 30.0 Å². The molecule has 1 aromatic heterocycles. The number of rotatable bonds is 3. The number of thiazole rings is 1. The molecule has 0 unspecified atom stereocenters. The summed E-state index contributed by atoms with van der Waals surface area (Å²) in [5, 5.41) is 0. The smallest absolute Gasteiger partial charge is 0.288 e. The Labute approximate surface area is 124 Å². The quantitative estimate of drug-likeness (QED) is 0.599. The highest BCUT2D eigenvalue weighted by Gasteiger charge is 2.61. The van der Waals surface area contributed by atoms with E-state index in [4.69, 9.17) is 11.6 Å². The van der Waals surface area contributed by atoms with Crippen LogP contribution >= 0.6 is 22.9 Å². The van der Waals surface area contributed by atoms with Gasteiger partial charge in [-0.1, -0.05) is 53.3 Å². The van der Waals surface area contributed by atoms with Gasteiger partial charge in [0, 0.05) is 5.56 Å². The highest BCUT2D eigenvalue weighted by atomic mass is 35.5. The second kappa shape index (κ2) is 5.34. The van der Waals surface area contributed by atoms with E-state index in [1.807, 2.05) is 0 Å². The molecule has 0 amide bonds. The van der Waals surface area contributed by atoms with E-state index in [9.17, 15) is 26.7 Å². The predicted molar refractivity (Wildman–Crippen MR) is 66.9 cm³/mol. The molecule has 0 spiro atoms. The van der Waals surface area contributed by atoms with Crippen molar-refractivity contribution in [3.05, 3.63) is 50.9 Å². The van der Waals surface area contributed by atoms with Crippen LogP contribution in [0.25, 0.3) is 0 Å². The third-order valence-corrected chi connectivity index (χ3v) is 3.66. The van der Waals surface area contributed by atoms with E-state index in [0.717, 1.165) is 0 Å². The van der Waals surface area contributed by atoms with Crippen LogP contribution in [-0.2, 0) is 5.92 Å². The molecule has 112 valence electrons. The van der Waals surface area contributed by atoms with E-state index in [2.05, 4.69) is 4.98 Å². The van der Waals surface area contributed by atoms with Gasteiger partial charge in [-0.05, 0) is 0 Å². The van der Waals surface area contributed by atoms with Crippen molar-refractivity contribution in [3.8, 4) is 0 Å². The number of halogens is 6. The lowest BCUT2D eigenvalue weighted by Crippen LogP contribution is -2.35. The number of alkyl halides is 5. The average molecular weight is 342 g/mol. The maximum Gasteiger partial charge on any atom is 0.459 e. The molecular formula is C12H5ClF5NOS. The molecule has 1 aromatic carbocycles. The molecule has 9 heteroatoms. The molecule has 0 saturated carbocycles. The first-order chi connectivity index (χ1) is 9.64. The van der Waals surface area contributed by atoms with Gasteiger partial charge in [-0.3, -0.25) is 4.79 Å². The lowest BCUT2D eigenvalue weighted by Gasteiger charge is -2.18. The Morgan fingerprint density at radius 3 is 2.19 bits per heavy atom. The minimum Gasteiger partial charge on any atom is -0.288 e. The number of hydrogen-bond acceptors (Lipinski definition) is 3. The van der Waals surface area contributed by atoms with E-state index in [1.54, 1.807) is 6.07 Å². The van der Waals surface area contributed by atoms with E-state index in [1.165, 1.54) is 24.3 Å². The molecule has 0 aliphatic carbocycles. The Bertz CT molecular complexity index is 668. The monoisotopic (exact) mass is 341 g/mol. The van der Waals surface area contributed by atoms with E-state index < -0.39 is 32.9 Å². The fourth-order valence-electron chi connectivity index (χ4n) is 1.52. The summed E-state index contributed by atoms with van der Waals surface area (Å²) in [4.78, 5) is 14.2. The van der Waals surface area contributed by atoms with Crippen LogP contribution in [0.4, 0.5) is 22.0 Å². The number of nitrogens with zero attached hydrogens (tertiary/aromatic N) is 1. The summed E-state index contributed by atoms with van der Waals surface area (Å²) >= 11 is 5.69. The minimum absolute atomic E-state index is 0.0305. The van der Waals surface area contributed by atoms with Crippen LogP contribution in [0.15, 0.2) is 30.3 Å². The molecule has 0 atom stereocenters. The molecule has 2 nitrogen and oxygen atoms in total. The number of ketones is 1. The molecule has 0 bridgehead atoms. The molecule has 0 N–H and O–H groups in total. The second-order valence-electron chi connectivity index (χ2n) is 3.91. The molecule has 1 heterocycles. The molecule has 2 rings (SSSR count). The van der Waals surface area contributed by atoms with Gasteiger partial charge in [-0.15, -0.1) is 0 Å². The van der Waals surface area contributed by atoms with Crippen LogP contribution in [0.3, 0.4) is 0 Å². The van der Waals surface area contributed by atoms with E-state index >= 15 is 0 Å². The first kappa shape index (κ1) is 15.8. The first-order valence-electron chi connectivity index (χ1n) is 5.35. The van der Waals surface area contributed by atoms with E-state index in [-0.39, 0.29) is 16.9 Å². The summed E-state index contributed by atoms with van der Waals surface area (Å²) in [5.74, 6) is -6.24. The largest absolute Gasteiger partial charge is 0.459 e. The number of carbonyl (C=O) groups excluding carboxylic acids is 1. The lowest BCUT2D eigenvalue weighted by molar-refractivity contribution is -0.290. The molecule has 0 fully saturated rings. The number of aromatic nitrogens is 1. The Balaban J connectivity index is 2.55. The maximum atomic E-state index is 13.4. The number of benzene rings is 1. The van der Waals surface area contributed by atoms with Gasteiger partial charge in [0.25, 0.3) is 0 Å². The van der Waals surface area contributed by atoms with Crippen LogP contribution < -0.4 is 0 Å². The van der Waals surface area contributed by atoms with Crippen molar-refractivity contribution in [1.29, 1.82) is 0 Å².